The van der Waals surface area contributed by atoms with Crippen LogP contribution in [0.5, 0.6) is 0 Å². The SMILES string of the molecule is Cc1ccc2c(c1)C(=O)N(CCCC(=O)N1CCC(c3cc4ccccc4[nH]3)CC1)C2=O. The van der Waals surface area contributed by atoms with E-state index in [1.165, 1.54) is 16.0 Å². The first-order valence-electron chi connectivity index (χ1n) is 11.3. The van der Waals surface area contributed by atoms with E-state index in [0.717, 1.165) is 37.0 Å². The Morgan fingerprint density at radius 3 is 2.53 bits per heavy atom. The fraction of sp³-hybridized carbons (Fsp3) is 0.346. The summed E-state index contributed by atoms with van der Waals surface area (Å²) in [7, 11) is 0. The molecule has 1 fully saturated rings. The first-order valence-corrected chi connectivity index (χ1v) is 11.3. The molecule has 1 N–H and O–H groups in total. The van der Waals surface area contributed by atoms with Gasteiger partial charge in [-0.15, -0.1) is 0 Å². The van der Waals surface area contributed by atoms with E-state index in [1.54, 1.807) is 12.1 Å². The number of imide groups is 1. The molecule has 6 heteroatoms. The van der Waals surface area contributed by atoms with Gasteiger partial charge in [-0.05, 0) is 55.8 Å². The molecule has 5 rings (SSSR count). The minimum absolute atomic E-state index is 0.104. The number of nitrogens with zero attached hydrogens (tertiary/aromatic N) is 2. The molecule has 3 amide bonds. The lowest BCUT2D eigenvalue weighted by Gasteiger charge is -2.32. The minimum atomic E-state index is -0.253. The Hall–Kier alpha value is -3.41. The van der Waals surface area contributed by atoms with Crippen LogP contribution >= 0.6 is 0 Å². The Morgan fingerprint density at radius 2 is 1.75 bits per heavy atom. The highest BCUT2D eigenvalue weighted by molar-refractivity contribution is 6.21. The second kappa shape index (κ2) is 8.26. The highest BCUT2D eigenvalue weighted by Gasteiger charge is 2.35. The minimum Gasteiger partial charge on any atom is -0.358 e. The zero-order valence-corrected chi connectivity index (χ0v) is 18.3. The smallest absolute Gasteiger partial charge is 0.261 e. The van der Waals surface area contributed by atoms with Gasteiger partial charge in [-0.25, -0.2) is 0 Å². The normalized spacial score (nSPS) is 16.8. The summed E-state index contributed by atoms with van der Waals surface area (Å²) in [5.74, 6) is 0.0395. The molecule has 6 nitrogen and oxygen atoms in total. The third-order valence-corrected chi connectivity index (χ3v) is 6.74. The first kappa shape index (κ1) is 20.5. The van der Waals surface area contributed by atoms with Gasteiger partial charge in [-0.3, -0.25) is 19.3 Å². The average molecular weight is 430 g/mol. The van der Waals surface area contributed by atoms with Crippen LogP contribution in [-0.4, -0.2) is 52.1 Å². The van der Waals surface area contributed by atoms with E-state index in [4.69, 9.17) is 0 Å². The van der Waals surface area contributed by atoms with E-state index in [-0.39, 0.29) is 24.3 Å². The number of amides is 3. The topological polar surface area (TPSA) is 73.5 Å². The van der Waals surface area contributed by atoms with Crippen LogP contribution in [0, 0.1) is 6.92 Å². The largest absolute Gasteiger partial charge is 0.358 e. The van der Waals surface area contributed by atoms with Gasteiger partial charge in [0.1, 0.15) is 0 Å². The van der Waals surface area contributed by atoms with E-state index in [9.17, 15) is 14.4 Å². The van der Waals surface area contributed by atoms with Crippen molar-refractivity contribution < 1.29 is 14.4 Å². The molecule has 1 aromatic heterocycles. The maximum Gasteiger partial charge on any atom is 0.261 e. The molecule has 2 aromatic carbocycles. The number of piperidine rings is 1. The molecule has 0 aliphatic carbocycles. The van der Waals surface area contributed by atoms with Gasteiger partial charge >= 0.3 is 0 Å². The average Bonchev–Trinajstić information content (AvgIpc) is 3.34. The Morgan fingerprint density at radius 1 is 1.00 bits per heavy atom. The van der Waals surface area contributed by atoms with Crippen molar-refractivity contribution in [3.8, 4) is 0 Å². The quantitative estimate of drug-likeness (QED) is 0.616. The fourth-order valence-corrected chi connectivity index (χ4v) is 4.91. The second-order valence-electron chi connectivity index (χ2n) is 8.88. The Labute approximate surface area is 187 Å². The summed E-state index contributed by atoms with van der Waals surface area (Å²) < 4.78 is 0. The molecule has 0 bridgehead atoms. The van der Waals surface area contributed by atoms with E-state index < -0.39 is 0 Å². The van der Waals surface area contributed by atoms with Crippen LogP contribution in [0.2, 0.25) is 0 Å². The summed E-state index contributed by atoms with van der Waals surface area (Å²) in [6, 6.07) is 15.8. The zero-order valence-electron chi connectivity index (χ0n) is 18.3. The van der Waals surface area contributed by atoms with Crippen LogP contribution in [0.25, 0.3) is 10.9 Å². The number of aromatic nitrogens is 1. The van der Waals surface area contributed by atoms with Gasteiger partial charge < -0.3 is 9.88 Å². The number of carbonyl (C=O) groups excluding carboxylic acids is 3. The maximum absolute atomic E-state index is 12.7. The number of benzene rings is 2. The number of nitrogens with one attached hydrogen (secondary N) is 1. The lowest BCUT2D eigenvalue weighted by atomic mass is 9.93. The third kappa shape index (κ3) is 3.70. The monoisotopic (exact) mass is 429 g/mol. The summed E-state index contributed by atoms with van der Waals surface area (Å²) in [5.41, 5.74) is 4.30. The molecule has 3 aromatic rings. The number of hydrogen-bond acceptors (Lipinski definition) is 3. The fourth-order valence-electron chi connectivity index (χ4n) is 4.91. The summed E-state index contributed by atoms with van der Waals surface area (Å²) in [6.45, 7) is 3.67. The molecule has 0 spiro atoms. The predicted molar refractivity (Wildman–Crippen MR) is 123 cm³/mol. The van der Waals surface area contributed by atoms with Crippen molar-refractivity contribution in [2.24, 2.45) is 0 Å². The molecule has 3 heterocycles. The molecule has 0 atom stereocenters. The Kier molecular flexibility index (Phi) is 5.29. The van der Waals surface area contributed by atoms with E-state index >= 15 is 0 Å². The lowest BCUT2D eigenvalue weighted by Crippen LogP contribution is -2.38. The van der Waals surface area contributed by atoms with E-state index in [2.05, 4.69) is 23.2 Å². The lowest BCUT2D eigenvalue weighted by molar-refractivity contribution is -0.132. The summed E-state index contributed by atoms with van der Waals surface area (Å²) in [6.07, 6.45) is 2.72. The van der Waals surface area contributed by atoms with Crippen molar-refractivity contribution >= 4 is 28.6 Å². The number of aromatic amines is 1. The van der Waals surface area contributed by atoms with E-state index in [0.29, 0.717) is 29.9 Å². The van der Waals surface area contributed by atoms with Gasteiger partial charge in [0.2, 0.25) is 5.91 Å². The number of rotatable bonds is 5. The molecular formula is C26H27N3O3. The molecule has 0 unspecified atom stereocenters. The summed E-state index contributed by atoms with van der Waals surface area (Å²) in [4.78, 5) is 44.5. The van der Waals surface area contributed by atoms with Crippen LogP contribution in [0.3, 0.4) is 0 Å². The van der Waals surface area contributed by atoms with E-state index in [1.807, 2.05) is 30.0 Å². The molecule has 2 aliphatic rings. The number of fused-ring (bicyclic) bond motifs is 2. The number of H-pyrrole nitrogens is 1. The van der Waals surface area contributed by atoms with Crippen LogP contribution < -0.4 is 0 Å². The van der Waals surface area contributed by atoms with Gasteiger partial charge in [-0.1, -0.05) is 29.8 Å². The third-order valence-electron chi connectivity index (χ3n) is 6.74. The predicted octanol–water partition coefficient (Wildman–Crippen LogP) is 4.26. The second-order valence-corrected chi connectivity index (χ2v) is 8.88. The zero-order chi connectivity index (χ0) is 22.2. The number of aryl methyl sites for hydroxylation is 1. The van der Waals surface area contributed by atoms with Crippen LogP contribution in [0.15, 0.2) is 48.5 Å². The molecule has 32 heavy (non-hydrogen) atoms. The van der Waals surface area contributed by atoms with Crippen molar-refractivity contribution in [2.45, 2.75) is 38.5 Å². The molecule has 0 radical (unpaired) electrons. The number of carbonyl (C=O) groups is 3. The van der Waals surface area contributed by atoms with Crippen molar-refractivity contribution in [1.29, 1.82) is 0 Å². The van der Waals surface area contributed by atoms with Crippen LogP contribution in [0.4, 0.5) is 0 Å². The number of para-hydroxylation sites is 1. The van der Waals surface area contributed by atoms with Crippen molar-refractivity contribution in [3.63, 3.8) is 0 Å². The van der Waals surface area contributed by atoms with Crippen LogP contribution in [0.1, 0.15) is 63.6 Å². The van der Waals surface area contributed by atoms with Gasteiger partial charge in [0.05, 0.1) is 11.1 Å². The van der Waals surface area contributed by atoms with Crippen molar-refractivity contribution in [3.05, 3.63) is 70.9 Å². The Bertz CT molecular complexity index is 1170. The highest BCUT2D eigenvalue weighted by atomic mass is 16.2. The molecule has 0 saturated carbocycles. The molecule has 1 saturated heterocycles. The van der Waals surface area contributed by atoms with Crippen molar-refractivity contribution in [2.75, 3.05) is 19.6 Å². The Balaban J connectivity index is 1.12. The van der Waals surface area contributed by atoms with Crippen LogP contribution in [-0.2, 0) is 4.79 Å². The standard InChI is InChI=1S/C26H27N3O3/c1-17-8-9-20-21(15-17)26(32)29(25(20)31)12-4-7-24(30)28-13-10-18(11-14-28)23-16-19-5-2-3-6-22(19)27-23/h2-3,5-6,8-9,15-16,18,27H,4,7,10-14H2,1H3. The van der Waals surface area contributed by atoms with Gasteiger partial charge in [0.25, 0.3) is 11.8 Å². The van der Waals surface area contributed by atoms with Gasteiger partial charge in [0, 0.05) is 43.2 Å². The van der Waals surface area contributed by atoms with Gasteiger partial charge in [-0.2, -0.15) is 0 Å². The first-order chi connectivity index (χ1) is 15.5. The molecular weight excluding hydrogens is 402 g/mol. The number of hydrogen-bond donors (Lipinski definition) is 1. The molecule has 164 valence electrons. The highest BCUT2D eigenvalue weighted by Crippen LogP contribution is 2.30. The summed E-state index contributed by atoms with van der Waals surface area (Å²) in [5, 5.41) is 1.23. The summed E-state index contributed by atoms with van der Waals surface area (Å²) >= 11 is 0. The number of likely N-dealkylation sites (tertiary alicyclic amines) is 1. The van der Waals surface area contributed by atoms with Crippen molar-refractivity contribution in [1.82, 2.24) is 14.8 Å². The van der Waals surface area contributed by atoms with Gasteiger partial charge in [0.15, 0.2) is 0 Å². The maximum atomic E-state index is 12.7. The molecule has 2 aliphatic heterocycles.